The van der Waals surface area contributed by atoms with Gasteiger partial charge in [0.25, 0.3) is 0 Å². The molecule has 0 heterocycles. The van der Waals surface area contributed by atoms with E-state index in [1.54, 1.807) is 0 Å². The van der Waals surface area contributed by atoms with Crippen LogP contribution in [0.5, 0.6) is 0 Å². The van der Waals surface area contributed by atoms with Gasteiger partial charge in [-0.05, 0) is 12.1 Å². The van der Waals surface area contributed by atoms with E-state index >= 15 is 0 Å². The number of nitrogens with one attached hydrogen (secondary N) is 4. The van der Waals surface area contributed by atoms with E-state index in [-0.39, 0.29) is 51.6 Å². The first-order valence-corrected chi connectivity index (χ1v) is 9.85. The summed E-state index contributed by atoms with van der Waals surface area (Å²) in [5.41, 5.74) is 8.90. The lowest BCUT2D eigenvalue weighted by molar-refractivity contribution is -0.138. The highest BCUT2D eigenvalue weighted by Crippen LogP contribution is 2.41. The summed E-state index contributed by atoms with van der Waals surface area (Å²) in [4.78, 5) is 23.9. The first kappa shape index (κ1) is 23.6. The van der Waals surface area contributed by atoms with Crippen molar-refractivity contribution in [2.75, 3.05) is 10.9 Å². The largest absolute Gasteiger partial charge is 0.329 e. The van der Waals surface area contributed by atoms with E-state index < -0.39 is 11.8 Å². The molecule has 0 saturated carbocycles. The highest BCUT2D eigenvalue weighted by Gasteiger charge is 2.19. The smallest absolute Gasteiger partial charge is 0.295 e. The molecule has 0 bridgehead atoms. The van der Waals surface area contributed by atoms with Gasteiger partial charge in [0.15, 0.2) is 0 Å². The Morgan fingerprint density at radius 1 is 0.536 bits per heavy atom. The minimum Gasteiger partial charge on any atom is -0.295 e. The normalized spacial score (nSPS) is 10.4. The maximum Gasteiger partial charge on any atom is 0.329 e. The second kappa shape index (κ2) is 9.87. The summed E-state index contributed by atoms with van der Waals surface area (Å²) in [6.45, 7) is 0. The van der Waals surface area contributed by atoms with Crippen LogP contribution >= 0.6 is 92.8 Å². The first-order valence-electron chi connectivity index (χ1n) is 6.82. The molecule has 2 amide bonds. The van der Waals surface area contributed by atoms with Crippen LogP contribution in [0.15, 0.2) is 12.1 Å². The minimum absolute atomic E-state index is 0.00246. The van der Waals surface area contributed by atoms with E-state index in [0.29, 0.717) is 0 Å². The van der Waals surface area contributed by atoms with Crippen molar-refractivity contribution < 1.29 is 9.59 Å². The van der Waals surface area contributed by atoms with Crippen molar-refractivity contribution in [3.63, 3.8) is 0 Å². The summed E-state index contributed by atoms with van der Waals surface area (Å²) >= 11 is 47.4. The molecule has 2 rings (SSSR count). The number of hydrazine groups is 2. The van der Waals surface area contributed by atoms with Crippen LogP contribution in [-0.2, 0) is 9.59 Å². The standard InChI is InChI=1S/C14H6Cl8N4O2/c15-3-1-4(16)8(20)11(7(3)19)23-25-13(27)14(28)26-24-12-9(21)5(17)2-6(18)10(12)22/h1-2,23-24H,(H,25,27)(H,26,28). The second-order valence-corrected chi connectivity index (χ2v) is 7.99. The van der Waals surface area contributed by atoms with Gasteiger partial charge >= 0.3 is 11.8 Å². The quantitative estimate of drug-likeness (QED) is 0.201. The van der Waals surface area contributed by atoms with Crippen molar-refractivity contribution >= 4 is 116 Å². The Bertz CT molecular complexity index is 839. The van der Waals surface area contributed by atoms with Gasteiger partial charge in [0, 0.05) is 0 Å². The highest BCUT2D eigenvalue weighted by atomic mass is 35.5. The topological polar surface area (TPSA) is 82.3 Å². The Balaban J connectivity index is 2.05. The minimum atomic E-state index is -1.13. The Hall–Kier alpha value is -0.700. The monoisotopic (exact) mass is 542 g/mol. The molecule has 0 fully saturated rings. The van der Waals surface area contributed by atoms with Crippen LogP contribution in [-0.4, -0.2) is 11.8 Å². The van der Waals surface area contributed by atoms with E-state index in [1.165, 1.54) is 12.1 Å². The van der Waals surface area contributed by atoms with Gasteiger partial charge in [0.1, 0.15) is 0 Å². The number of rotatable bonds is 4. The SMILES string of the molecule is O=C(NNc1c(Cl)c(Cl)cc(Cl)c1Cl)C(=O)NNc1c(Cl)c(Cl)cc(Cl)c1Cl. The number of benzene rings is 2. The van der Waals surface area contributed by atoms with Gasteiger partial charge in [-0.15, -0.1) is 0 Å². The van der Waals surface area contributed by atoms with Crippen molar-refractivity contribution in [3.05, 3.63) is 52.3 Å². The molecular formula is C14H6Cl8N4O2. The molecule has 6 nitrogen and oxygen atoms in total. The third kappa shape index (κ3) is 5.26. The number of amides is 2. The van der Waals surface area contributed by atoms with E-state index in [1.807, 2.05) is 0 Å². The summed E-state index contributed by atoms with van der Waals surface area (Å²) < 4.78 is 0. The van der Waals surface area contributed by atoms with Crippen molar-refractivity contribution in [3.8, 4) is 0 Å². The van der Waals surface area contributed by atoms with Crippen molar-refractivity contribution in [1.82, 2.24) is 10.9 Å². The molecule has 0 saturated heterocycles. The van der Waals surface area contributed by atoms with E-state index in [2.05, 4.69) is 21.7 Å². The summed E-state index contributed by atoms with van der Waals surface area (Å²) in [7, 11) is 0. The van der Waals surface area contributed by atoms with Crippen LogP contribution < -0.4 is 21.7 Å². The van der Waals surface area contributed by atoms with Crippen LogP contribution in [0.2, 0.25) is 40.2 Å². The molecule has 0 radical (unpaired) electrons. The Morgan fingerprint density at radius 3 is 1.04 bits per heavy atom. The molecule has 0 unspecified atom stereocenters. The van der Waals surface area contributed by atoms with Crippen LogP contribution in [0.4, 0.5) is 11.4 Å². The van der Waals surface area contributed by atoms with E-state index in [9.17, 15) is 9.59 Å². The maximum absolute atomic E-state index is 11.9. The van der Waals surface area contributed by atoms with Crippen LogP contribution in [0, 0.1) is 0 Å². The number of hydrogen-bond donors (Lipinski definition) is 4. The van der Waals surface area contributed by atoms with Crippen LogP contribution in [0.1, 0.15) is 0 Å². The number of anilines is 2. The predicted octanol–water partition coefficient (Wildman–Crippen LogP) is 6.50. The highest BCUT2D eigenvalue weighted by molar-refractivity contribution is 6.51. The molecule has 0 spiro atoms. The Kier molecular flexibility index (Phi) is 8.31. The Labute approximate surface area is 198 Å². The molecule has 0 aliphatic heterocycles. The average molecular weight is 546 g/mol. The molecule has 2 aromatic rings. The summed E-state index contributed by atoms with van der Waals surface area (Å²) in [5.74, 6) is -2.26. The lowest BCUT2D eigenvalue weighted by Gasteiger charge is -2.15. The van der Waals surface area contributed by atoms with Crippen LogP contribution in [0.25, 0.3) is 0 Å². The molecule has 4 N–H and O–H groups in total. The third-order valence-corrected chi connectivity index (χ3v) is 6.18. The fourth-order valence-electron chi connectivity index (χ4n) is 1.72. The molecule has 0 aromatic heterocycles. The summed E-state index contributed by atoms with van der Waals surface area (Å²) in [6.07, 6.45) is 0. The maximum atomic E-state index is 11.9. The van der Waals surface area contributed by atoms with Gasteiger partial charge in [-0.2, -0.15) is 0 Å². The lowest BCUT2D eigenvalue weighted by Crippen LogP contribution is -2.44. The molecule has 0 aliphatic carbocycles. The number of carbonyl (C=O) groups is 2. The van der Waals surface area contributed by atoms with Gasteiger partial charge in [0.05, 0.1) is 51.6 Å². The average Bonchev–Trinajstić information content (AvgIpc) is 2.64. The molecule has 150 valence electrons. The molecular weight excluding hydrogens is 540 g/mol. The van der Waals surface area contributed by atoms with Crippen molar-refractivity contribution in [2.45, 2.75) is 0 Å². The molecule has 2 aromatic carbocycles. The van der Waals surface area contributed by atoms with Crippen LogP contribution in [0.3, 0.4) is 0 Å². The van der Waals surface area contributed by atoms with Gasteiger partial charge in [-0.25, -0.2) is 0 Å². The number of carbonyl (C=O) groups excluding carboxylic acids is 2. The zero-order valence-corrected chi connectivity index (χ0v) is 19.0. The number of hydrogen-bond acceptors (Lipinski definition) is 4. The van der Waals surface area contributed by atoms with Gasteiger partial charge in [0.2, 0.25) is 0 Å². The predicted molar refractivity (Wildman–Crippen MR) is 116 cm³/mol. The number of halogens is 8. The lowest BCUT2D eigenvalue weighted by atomic mass is 10.3. The summed E-state index contributed by atoms with van der Waals surface area (Å²) in [6, 6.07) is 2.64. The van der Waals surface area contributed by atoms with E-state index in [0.717, 1.165) is 0 Å². The fourth-order valence-corrected chi connectivity index (χ4v) is 3.53. The molecule has 28 heavy (non-hydrogen) atoms. The summed E-state index contributed by atoms with van der Waals surface area (Å²) in [5, 5.41) is 0.289. The fraction of sp³-hybridized carbons (Fsp3) is 0. The van der Waals surface area contributed by atoms with Gasteiger partial charge < -0.3 is 0 Å². The van der Waals surface area contributed by atoms with Crippen molar-refractivity contribution in [1.29, 1.82) is 0 Å². The Morgan fingerprint density at radius 2 is 0.786 bits per heavy atom. The van der Waals surface area contributed by atoms with Gasteiger partial charge in [-0.3, -0.25) is 31.3 Å². The first-order chi connectivity index (χ1) is 13.0. The zero-order chi connectivity index (χ0) is 21.2. The molecule has 0 atom stereocenters. The van der Waals surface area contributed by atoms with Crippen molar-refractivity contribution in [2.24, 2.45) is 0 Å². The third-order valence-electron chi connectivity index (χ3n) is 3.03. The zero-order valence-electron chi connectivity index (χ0n) is 13.0. The molecule has 0 aliphatic rings. The van der Waals surface area contributed by atoms with E-state index in [4.69, 9.17) is 92.8 Å². The second-order valence-electron chi connectivity index (χ2n) is 4.84. The molecule has 14 heteroatoms. The van der Waals surface area contributed by atoms with Gasteiger partial charge in [-0.1, -0.05) is 92.8 Å².